The molecule has 2 rings (SSSR count). The van der Waals surface area contributed by atoms with Gasteiger partial charge in [-0.15, -0.1) is 0 Å². The molecular formula is C13H14O2. The van der Waals surface area contributed by atoms with Crippen LogP contribution in [0.15, 0.2) is 36.4 Å². The van der Waals surface area contributed by atoms with Crippen LogP contribution < -0.4 is 0 Å². The second kappa shape index (κ2) is 4.78. The van der Waals surface area contributed by atoms with Crippen molar-refractivity contribution in [1.82, 2.24) is 0 Å². The van der Waals surface area contributed by atoms with Crippen molar-refractivity contribution >= 4 is 12.0 Å². The molecule has 0 aromatic heterocycles. The molecule has 1 aromatic carbocycles. The Balaban J connectivity index is 1.88. The molecule has 0 bridgehead atoms. The van der Waals surface area contributed by atoms with Crippen LogP contribution >= 0.6 is 0 Å². The lowest BCUT2D eigenvalue weighted by Gasteiger charge is -1.99. The van der Waals surface area contributed by atoms with Crippen molar-refractivity contribution in [3.05, 3.63) is 42.0 Å². The molecule has 1 unspecified atom stereocenters. The summed E-state index contributed by atoms with van der Waals surface area (Å²) in [4.78, 5) is 11.2. The van der Waals surface area contributed by atoms with Gasteiger partial charge in [0.05, 0.1) is 12.5 Å². The lowest BCUT2D eigenvalue weighted by Crippen LogP contribution is -2.05. The minimum atomic E-state index is -0.0484. The molecule has 2 heteroatoms. The molecule has 2 nitrogen and oxygen atoms in total. The molecule has 0 amide bonds. The van der Waals surface area contributed by atoms with E-state index >= 15 is 0 Å². The lowest BCUT2D eigenvalue weighted by molar-refractivity contribution is -0.141. The standard InChI is InChI=1S/C13H14O2/c14-13-12(9-10-15-13)8-4-7-11-5-2-1-3-6-11/h1-7,12H,8-10H2. The monoisotopic (exact) mass is 202 g/mol. The summed E-state index contributed by atoms with van der Waals surface area (Å²) in [5.74, 6) is 0.0256. The number of hydrogen-bond acceptors (Lipinski definition) is 2. The van der Waals surface area contributed by atoms with E-state index in [1.54, 1.807) is 0 Å². The Kier molecular flexibility index (Phi) is 3.18. The van der Waals surface area contributed by atoms with Gasteiger partial charge in [0.1, 0.15) is 0 Å². The molecule has 0 aliphatic carbocycles. The number of esters is 1. The fourth-order valence-electron chi connectivity index (χ4n) is 1.68. The quantitative estimate of drug-likeness (QED) is 0.704. The third-order valence-electron chi connectivity index (χ3n) is 2.57. The van der Waals surface area contributed by atoms with Gasteiger partial charge in [0.25, 0.3) is 0 Å². The van der Waals surface area contributed by atoms with Gasteiger partial charge >= 0.3 is 5.97 Å². The number of carbonyl (C=O) groups is 1. The van der Waals surface area contributed by atoms with Crippen LogP contribution in [0.3, 0.4) is 0 Å². The third-order valence-corrected chi connectivity index (χ3v) is 2.57. The molecule has 15 heavy (non-hydrogen) atoms. The van der Waals surface area contributed by atoms with Crippen molar-refractivity contribution in [2.45, 2.75) is 12.8 Å². The predicted octanol–water partition coefficient (Wildman–Crippen LogP) is 2.65. The fourth-order valence-corrected chi connectivity index (χ4v) is 1.68. The first-order valence-electron chi connectivity index (χ1n) is 5.24. The maximum Gasteiger partial charge on any atom is 0.309 e. The van der Waals surface area contributed by atoms with Crippen LogP contribution in [0.2, 0.25) is 0 Å². The van der Waals surface area contributed by atoms with Gasteiger partial charge in [-0.25, -0.2) is 0 Å². The molecule has 1 aliphatic heterocycles. The number of cyclic esters (lactones) is 1. The summed E-state index contributed by atoms with van der Waals surface area (Å²) < 4.78 is 4.90. The normalized spacial score (nSPS) is 20.8. The van der Waals surface area contributed by atoms with Gasteiger partial charge in [-0.2, -0.15) is 0 Å². The Labute approximate surface area is 89.6 Å². The molecule has 1 heterocycles. The van der Waals surface area contributed by atoms with E-state index in [1.165, 1.54) is 5.56 Å². The van der Waals surface area contributed by atoms with Crippen LogP contribution in [-0.4, -0.2) is 12.6 Å². The van der Waals surface area contributed by atoms with E-state index in [-0.39, 0.29) is 11.9 Å². The Bertz CT molecular complexity index is 354. The van der Waals surface area contributed by atoms with Gasteiger partial charge in [-0.05, 0) is 18.4 Å². The van der Waals surface area contributed by atoms with Gasteiger partial charge in [0.2, 0.25) is 0 Å². The van der Waals surface area contributed by atoms with E-state index in [4.69, 9.17) is 4.74 Å². The zero-order chi connectivity index (χ0) is 10.5. The van der Waals surface area contributed by atoms with Gasteiger partial charge < -0.3 is 4.74 Å². The molecular weight excluding hydrogens is 188 g/mol. The average Bonchev–Trinajstić information content (AvgIpc) is 2.66. The highest BCUT2D eigenvalue weighted by Gasteiger charge is 2.24. The summed E-state index contributed by atoms with van der Waals surface area (Å²) in [5.41, 5.74) is 1.17. The molecule has 1 aliphatic rings. The maximum absolute atomic E-state index is 11.2. The fraction of sp³-hybridized carbons (Fsp3) is 0.308. The number of benzene rings is 1. The molecule has 78 valence electrons. The van der Waals surface area contributed by atoms with Crippen molar-refractivity contribution in [1.29, 1.82) is 0 Å². The Morgan fingerprint density at radius 3 is 2.80 bits per heavy atom. The smallest absolute Gasteiger partial charge is 0.309 e. The SMILES string of the molecule is O=C1OCCC1CC=Cc1ccccc1. The zero-order valence-electron chi connectivity index (χ0n) is 8.56. The lowest BCUT2D eigenvalue weighted by atomic mass is 10.0. The molecule has 0 radical (unpaired) electrons. The number of rotatable bonds is 3. The molecule has 0 spiro atoms. The Morgan fingerprint density at radius 2 is 2.13 bits per heavy atom. The van der Waals surface area contributed by atoms with Gasteiger partial charge in [0, 0.05) is 0 Å². The largest absolute Gasteiger partial charge is 0.465 e. The summed E-state index contributed by atoms with van der Waals surface area (Å²) >= 11 is 0. The number of ether oxygens (including phenoxy) is 1. The first-order chi connectivity index (χ1) is 7.36. The predicted molar refractivity (Wildman–Crippen MR) is 59.2 cm³/mol. The van der Waals surface area contributed by atoms with Crippen molar-refractivity contribution in [3.8, 4) is 0 Å². The minimum absolute atomic E-state index is 0.0484. The second-order valence-corrected chi connectivity index (χ2v) is 3.70. The Hall–Kier alpha value is -1.57. The van der Waals surface area contributed by atoms with Crippen LogP contribution in [0, 0.1) is 5.92 Å². The van der Waals surface area contributed by atoms with Crippen molar-refractivity contribution < 1.29 is 9.53 Å². The molecule has 1 fully saturated rings. The van der Waals surface area contributed by atoms with Gasteiger partial charge in [0.15, 0.2) is 0 Å². The van der Waals surface area contributed by atoms with E-state index < -0.39 is 0 Å². The third kappa shape index (κ3) is 2.69. The minimum Gasteiger partial charge on any atom is -0.465 e. The molecule has 1 saturated heterocycles. The molecule has 1 aromatic rings. The molecule has 0 saturated carbocycles. The van der Waals surface area contributed by atoms with E-state index in [0.717, 1.165) is 12.8 Å². The van der Waals surface area contributed by atoms with Crippen molar-refractivity contribution in [2.24, 2.45) is 5.92 Å². The highest BCUT2D eigenvalue weighted by Crippen LogP contribution is 2.18. The van der Waals surface area contributed by atoms with Crippen molar-refractivity contribution in [2.75, 3.05) is 6.61 Å². The highest BCUT2D eigenvalue weighted by atomic mass is 16.5. The topological polar surface area (TPSA) is 26.3 Å². The summed E-state index contributed by atoms with van der Waals surface area (Å²) in [6.45, 7) is 0.586. The highest BCUT2D eigenvalue weighted by molar-refractivity contribution is 5.74. The summed E-state index contributed by atoms with van der Waals surface area (Å²) in [6, 6.07) is 10.1. The van der Waals surface area contributed by atoms with E-state index in [0.29, 0.717) is 6.61 Å². The van der Waals surface area contributed by atoms with E-state index in [9.17, 15) is 4.79 Å². The van der Waals surface area contributed by atoms with Crippen LogP contribution in [-0.2, 0) is 9.53 Å². The number of hydrogen-bond donors (Lipinski definition) is 0. The zero-order valence-corrected chi connectivity index (χ0v) is 8.56. The van der Waals surface area contributed by atoms with Gasteiger partial charge in [-0.3, -0.25) is 4.79 Å². The average molecular weight is 202 g/mol. The van der Waals surface area contributed by atoms with Crippen molar-refractivity contribution in [3.63, 3.8) is 0 Å². The first kappa shape index (κ1) is 9.97. The first-order valence-corrected chi connectivity index (χ1v) is 5.24. The van der Waals surface area contributed by atoms with Crippen LogP contribution in [0.5, 0.6) is 0 Å². The number of carbonyl (C=O) groups excluding carboxylic acids is 1. The maximum atomic E-state index is 11.2. The molecule has 1 atom stereocenters. The summed E-state index contributed by atoms with van der Waals surface area (Å²) in [7, 11) is 0. The van der Waals surface area contributed by atoms with Gasteiger partial charge in [-0.1, -0.05) is 42.5 Å². The van der Waals surface area contributed by atoms with E-state index in [2.05, 4.69) is 0 Å². The summed E-state index contributed by atoms with van der Waals surface area (Å²) in [6.07, 6.45) is 5.74. The molecule has 0 N–H and O–H groups in total. The summed E-state index contributed by atoms with van der Waals surface area (Å²) in [5, 5.41) is 0. The van der Waals surface area contributed by atoms with Crippen LogP contribution in [0.25, 0.3) is 6.08 Å². The van der Waals surface area contributed by atoms with E-state index in [1.807, 2.05) is 42.5 Å². The second-order valence-electron chi connectivity index (χ2n) is 3.70. The Morgan fingerprint density at radius 1 is 1.33 bits per heavy atom. The van der Waals surface area contributed by atoms with Crippen LogP contribution in [0.1, 0.15) is 18.4 Å². The number of allylic oxidation sites excluding steroid dienone is 1. The van der Waals surface area contributed by atoms with Crippen LogP contribution in [0.4, 0.5) is 0 Å².